The van der Waals surface area contributed by atoms with Gasteiger partial charge >= 0.3 is 0 Å². The number of rotatable bonds is 3. The second kappa shape index (κ2) is 4.67. The molecule has 1 aliphatic rings. The third kappa shape index (κ3) is 2.05. The van der Waals surface area contributed by atoms with Gasteiger partial charge in [-0.25, -0.2) is 4.98 Å². The number of H-pyrrole nitrogens is 1. The number of hydrogen-bond donors (Lipinski definition) is 2. The molecule has 0 radical (unpaired) electrons. The van der Waals surface area contributed by atoms with Gasteiger partial charge in [-0.15, -0.1) is 0 Å². The minimum Gasteiger partial charge on any atom is -0.370 e. The van der Waals surface area contributed by atoms with Crippen molar-refractivity contribution in [1.29, 1.82) is 0 Å². The summed E-state index contributed by atoms with van der Waals surface area (Å²) in [5.74, 6) is 1.64. The van der Waals surface area contributed by atoms with E-state index in [0.717, 1.165) is 17.9 Å². The highest BCUT2D eigenvalue weighted by Gasteiger charge is 2.20. The van der Waals surface area contributed by atoms with Crippen LogP contribution in [0.25, 0.3) is 10.9 Å². The van der Waals surface area contributed by atoms with Crippen molar-refractivity contribution < 1.29 is 0 Å². The fourth-order valence-electron chi connectivity index (χ4n) is 3.09. The van der Waals surface area contributed by atoms with E-state index in [4.69, 9.17) is 0 Å². The lowest BCUT2D eigenvalue weighted by Crippen LogP contribution is -2.15. The number of fused-ring (bicyclic) bond motifs is 2. The molecule has 1 aliphatic carbocycles. The molecule has 0 atom stereocenters. The van der Waals surface area contributed by atoms with Crippen LogP contribution in [0, 0.1) is 5.92 Å². The van der Waals surface area contributed by atoms with Crippen molar-refractivity contribution in [3.63, 3.8) is 0 Å². The van der Waals surface area contributed by atoms with Crippen LogP contribution in [0.1, 0.15) is 11.1 Å². The molecule has 2 aromatic heterocycles. The Morgan fingerprint density at radius 1 is 1.15 bits per heavy atom. The number of nitrogens with zero attached hydrogens (tertiary/aromatic N) is 1. The summed E-state index contributed by atoms with van der Waals surface area (Å²) in [6.45, 7) is 0.984. The zero-order chi connectivity index (χ0) is 13.4. The van der Waals surface area contributed by atoms with Crippen LogP contribution in [0.3, 0.4) is 0 Å². The molecular formula is C17H17N3. The van der Waals surface area contributed by atoms with Gasteiger partial charge in [0.25, 0.3) is 0 Å². The summed E-state index contributed by atoms with van der Waals surface area (Å²) in [6.07, 6.45) is 6.19. The highest BCUT2D eigenvalue weighted by atomic mass is 15.0. The molecular weight excluding hydrogens is 246 g/mol. The molecule has 4 rings (SSSR count). The Bertz CT molecular complexity index is 720. The first kappa shape index (κ1) is 11.5. The van der Waals surface area contributed by atoms with E-state index in [9.17, 15) is 0 Å². The summed E-state index contributed by atoms with van der Waals surface area (Å²) in [4.78, 5) is 7.61. The summed E-state index contributed by atoms with van der Waals surface area (Å²) in [6, 6.07) is 13.0. The van der Waals surface area contributed by atoms with E-state index in [1.807, 2.05) is 12.4 Å². The van der Waals surface area contributed by atoms with Gasteiger partial charge in [0, 0.05) is 18.1 Å². The first-order valence-electron chi connectivity index (χ1n) is 7.12. The van der Waals surface area contributed by atoms with Crippen molar-refractivity contribution in [2.75, 3.05) is 11.9 Å². The van der Waals surface area contributed by atoms with Gasteiger partial charge < -0.3 is 10.3 Å². The first-order valence-corrected chi connectivity index (χ1v) is 7.12. The Hall–Kier alpha value is -2.29. The van der Waals surface area contributed by atoms with Gasteiger partial charge in [-0.1, -0.05) is 24.3 Å². The molecule has 0 saturated heterocycles. The summed E-state index contributed by atoms with van der Waals surface area (Å²) >= 11 is 0. The molecule has 0 saturated carbocycles. The van der Waals surface area contributed by atoms with Crippen LogP contribution >= 0.6 is 0 Å². The van der Waals surface area contributed by atoms with E-state index < -0.39 is 0 Å². The minimum atomic E-state index is 0.677. The molecule has 3 nitrogen and oxygen atoms in total. The maximum absolute atomic E-state index is 4.45. The molecule has 2 heterocycles. The second-order valence-corrected chi connectivity index (χ2v) is 5.56. The topological polar surface area (TPSA) is 40.7 Å². The standard InChI is InChI=1S/C17H17N3/c1-2-4-14-8-12(7-13(14)3-1)10-19-17-9-15-5-6-18-16(15)11-20-17/h1-6,9,11-12,18H,7-8,10H2,(H,19,20). The van der Waals surface area contributed by atoms with E-state index in [0.29, 0.717) is 5.92 Å². The Kier molecular flexibility index (Phi) is 2.69. The lowest BCUT2D eigenvalue weighted by atomic mass is 10.1. The van der Waals surface area contributed by atoms with Crippen LogP contribution in [0.15, 0.2) is 48.8 Å². The van der Waals surface area contributed by atoms with E-state index in [2.05, 4.69) is 51.7 Å². The monoisotopic (exact) mass is 263 g/mol. The van der Waals surface area contributed by atoms with E-state index in [1.165, 1.54) is 29.4 Å². The van der Waals surface area contributed by atoms with Crippen LogP contribution in [0.5, 0.6) is 0 Å². The fourth-order valence-corrected chi connectivity index (χ4v) is 3.09. The molecule has 0 fully saturated rings. The van der Waals surface area contributed by atoms with E-state index in [-0.39, 0.29) is 0 Å². The maximum atomic E-state index is 4.45. The van der Waals surface area contributed by atoms with Crippen LogP contribution < -0.4 is 5.32 Å². The number of nitrogens with one attached hydrogen (secondary N) is 2. The Balaban J connectivity index is 1.44. The van der Waals surface area contributed by atoms with Gasteiger partial charge in [-0.3, -0.25) is 0 Å². The smallest absolute Gasteiger partial charge is 0.126 e. The fraction of sp³-hybridized carbons (Fsp3) is 0.235. The molecule has 0 bridgehead atoms. The van der Waals surface area contributed by atoms with Crippen molar-refractivity contribution >= 4 is 16.7 Å². The molecule has 2 N–H and O–H groups in total. The lowest BCUT2D eigenvalue weighted by molar-refractivity contribution is 0.592. The van der Waals surface area contributed by atoms with Crippen molar-refractivity contribution in [2.45, 2.75) is 12.8 Å². The molecule has 20 heavy (non-hydrogen) atoms. The Morgan fingerprint density at radius 2 is 1.95 bits per heavy atom. The average Bonchev–Trinajstić information content (AvgIpc) is 3.10. The summed E-state index contributed by atoms with van der Waals surface area (Å²) in [5, 5.41) is 4.68. The zero-order valence-electron chi connectivity index (χ0n) is 11.3. The molecule has 0 unspecified atom stereocenters. The van der Waals surface area contributed by atoms with Gasteiger partial charge in [0.1, 0.15) is 5.82 Å². The molecule has 100 valence electrons. The average molecular weight is 263 g/mol. The quantitative estimate of drug-likeness (QED) is 0.760. The molecule has 0 amide bonds. The summed E-state index contributed by atoms with van der Waals surface area (Å²) in [5.41, 5.74) is 4.10. The van der Waals surface area contributed by atoms with Gasteiger partial charge in [0.15, 0.2) is 0 Å². The van der Waals surface area contributed by atoms with Crippen LogP contribution in [0.4, 0.5) is 5.82 Å². The summed E-state index contributed by atoms with van der Waals surface area (Å²) < 4.78 is 0. The predicted molar refractivity (Wildman–Crippen MR) is 81.9 cm³/mol. The normalized spacial score (nSPS) is 14.6. The number of pyridine rings is 1. The molecule has 0 spiro atoms. The maximum Gasteiger partial charge on any atom is 0.126 e. The van der Waals surface area contributed by atoms with E-state index in [1.54, 1.807) is 0 Å². The molecule has 1 aromatic carbocycles. The molecule has 3 heteroatoms. The Morgan fingerprint density at radius 3 is 2.75 bits per heavy atom. The predicted octanol–water partition coefficient (Wildman–Crippen LogP) is 3.39. The third-order valence-electron chi connectivity index (χ3n) is 4.15. The highest BCUT2D eigenvalue weighted by molar-refractivity contribution is 5.80. The van der Waals surface area contributed by atoms with Gasteiger partial charge in [0.05, 0.1) is 11.7 Å². The van der Waals surface area contributed by atoms with Gasteiger partial charge in [-0.2, -0.15) is 0 Å². The number of benzene rings is 1. The van der Waals surface area contributed by atoms with Crippen molar-refractivity contribution in [2.24, 2.45) is 5.92 Å². The number of aromatic amines is 1. The van der Waals surface area contributed by atoms with Crippen LogP contribution in [0.2, 0.25) is 0 Å². The SMILES string of the molecule is c1ccc2c(c1)CC(CNc1cc3cc[nH]c3cn1)C2. The Labute approximate surface area is 118 Å². The largest absolute Gasteiger partial charge is 0.370 e. The molecule has 0 aliphatic heterocycles. The zero-order valence-corrected chi connectivity index (χ0v) is 11.3. The molecule has 3 aromatic rings. The minimum absolute atomic E-state index is 0.677. The van der Waals surface area contributed by atoms with Crippen LogP contribution in [-0.2, 0) is 12.8 Å². The lowest BCUT2D eigenvalue weighted by Gasteiger charge is -2.11. The third-order valence-corrected chi connectivity index (χ3v) is 4.15. The number of anilines is 1. The van der Waals surface area contributed by atoms with Gasteiger partial charge in [-0.05, 0) is 42.0 Å². The van der Waals surface area contributed by atoms with Crippen molar-refractivity contribution in [1.82, 2.24) is 9.97 Å². The van der Waals surface area contributed by atoms with E-state index >= 15 is 0 Å². The second-order valence-electron chi connectivity index (χ2n) is 5.56. The van der Waals surface area contributed by atoms with Crippen molar-refractivity contribution in [3.05, 3.63) is 59.9 Å². The van der Waals surface area contributed by atoms with Gasteiger partial charge in [0.2, 0.25) is 0 Å². The number of hydrogen-bond acceptors (Lipinski definition) is 2. The highest BCUT2D eigenvalue weighted by Crippen LogP contribution is 2.26. The first-order chi connectivity index (χ1) is 9.88. The number of aromatic nitrogens is 2. The van der Waals surface area contributed by atoms with Crippen molar-refractivity contribution in [3.8, 4) is 0 Å². The van der Waals surface area contributed by atoms with Crippen LogP contribution in [-0.4, -0.2) is 16.5 Å². The summed E-state index contributed by atoms with van der Waals surface area (Å²) in [7, 11) is 0.